The molecule has 0 aliphatic carbocycles. The Morgan fingerprint density at radius 1 is 1.00 bits per heavy atom. The minimum absolute atomic E-state index is 0.225. The van der Waals surface area contributed by atoms with Gasteiger partial charge in [0, 0.05) is 11.6 Å². The van der Waals surface area contributed by atoms with Crippen molar-refractivity contribution in [3.63, 3.8) is 0 Å². The molecule has 2 amide bonds. The average Bonchev–Trinajstić information content (AvgIpc) is 2.59. The van der Waals surface area contributed by atoms with Crippen LogP contribution in [-0.2, 0) is 4.79 Å². The van der Waals surface area contributed by atoms with Crippen LogP contribution in [0, 0.1) is 5.82 Å². The Morgan fingerprint density at radius 2 is 1.75 bits per heavy atom. The van der Waals surface area contributed by atoms with E-state index in [-0.39, 0.29) is 12.4 Å². The zero-order chi connectivity index (χ0) is 17.4. The van der Waals surface area contributed by atoms with E-state index in [1.54, 1.807) is 24.3 Å². The molecule has 7 heteroatoms. The zero-order valence-electron chi connectivity index (χ0n) is 13.0. The van der Waals surface area contributed by atoms with E-state index in [4.69, 9.17) is 9.47 Å². The van der Waals surface area contributed by atoms with Crippen LogP contribution < -0.4 is 20.3 Å². The minimum Gasteiger partial charge on any atom is -0.494 e. The number of carbonyl (C=O) groups excluding carboxylic acids is 2. The second-order valence-electron chi connectivity index (χ2n) is 4.71. The average molecular weight is 332 g/mol. The van der Waals surface area contributed by atoms with Crippen molar-refractivity contribution >= 4 is 11.8 Å². The van der Waals surface area contributed by atoms with Crippen molar-refractivity contribution in [2.45, 2.75) is 6.92 Å². The van der Waals surface area contributed by atoms with Gasteiger partial charge in [-0.3, -0.25) is 20.4 Å². The number of amides is 2. The molecule has 126 valence electrons. The first kappa shape index (κ1) is 17.3. The summed E-state index contributed by atoms with van der Waals surface area (Å²) in [5.41, 5.74) is 4.85. The SMILES string of the molecule is CCOc1ccc(C(=O)NNC(=O)COc2cccc(F)c2)cc1. The van der Waals surface area contributed by atoms with Gasteiger partial charge in [-0.05, 0) is 43.3 Å². The maximum Gasteiger partial charge on any atom is 0.276 e. The number of benzene rings is 2. The minimum atomic E-state index is -0.571. The molecule has 0 saturated heterocycles. The smallest absolute Gasteiger partial charge is 0.276 e. The van der Waals surface area contributed by atoms with E-state index in [0.29, 0.717) is 17.9 Å². The Bertz CT molecular complexity index is 704. The lowest BCUT2D eigenvalue weighted by molar-refractivity contribution is -0.123. The molecule has 0 fully saturated rings. The molecule has 0 aliphatic rings. The van der Waals surface area contributed by atoms with Gasteiger partial charge in [0.2, 0.25) is 0 Å². The fourth-order valence-electron chi connectivity index (χ4n) is 1.81. The van der Waals surface area contributed by atoms with Gasteiger partial charge < -0.3 is 9.47 Å². The fourth-order valence-corrected chi connectivity index (χ4v) is 1.81. The monoisotopic (exact) mass is 332 g/mol. The Labute approximate surface area is 138 Å². The number of hydrogen-bond acceptors (Lipinski definition) is 4. The van der Waals surface area contributed by atoms with E-state index in [0.717, 1.165) is 6.07 Å². The van der Waals surface area contributed by atoms with E-state index >= 15 is 0 Å². The normalized spacial score (nSPS) is 9.92. The lowest BCUT2D eigenvalue weighted by Crippen LogP contribution is -2.43. The summed E-state index contributed by atoms with van der Waals surface area (Å²) < 4.78 is 23.3. The Balaban J connectivity index is 1.77. The summed E-state index contributed by atoms with van der Waals surface area (Å²) in [6.45, 7) is 2.04. The molecule has 0 aromatic heterocycles. The van der Waals surface area contributed by atoms with Gasteiger partial charge in [0.05, 0.1) is 6.61 Å². The molecule has 2 aromatic rings. The first-order valence-electron chi connectivity index (χ1n) is 7.29. The summed E-state index contributed by atoms with van der Waals surface area (Å²) >= 11 is 0. The molecule has 0 bridgehead atoms. The van der Waals surface area contributed by atoms with Gasteiger partial charge in [0.1, 0.15) is 17.3 Å². The molecule has 6 nitrogen and oxygen atoms in total. The highest BCUT2D eigenvalue weighted by molar-refractivity contribution is 5.95. The van der Waals surface area contributed by atoms with Crippen molar-refractivity contribution in [1.29, 1.82) is 0 Å². The predicted octanol–water partition coefficient (Wildman–Crippen LogP) is 2.06. The lowest BCUT2D eigenvalue weighted by Gasteiger charge is -2.09. The second-order valence-corrected chi connectivity index (χ2v) is 4.71. The van der Waals surface area contributed by atoms with Crippen LogP contribution in [0.5, 0.6) is 11.5 Å². The number of nitrogens with one attached hydrogen (secondary N) is 2. The van der Waals surface area contributed by atoms with Gasteiger partial charge in [-0.1, -0.05) is 6.07 Å². The predicted molar refractivity (Wildman–Crippen MR) is 85.1 cm³/mol. The molecule has 24 heavy (non-hydrogen) atoms. The second kappa shape index (κ2) is 8.52. The van der Waals surface area contributed by atoms with Gasteiger partial charge in [-0.2, -0.15) is 0 Å². The summed E-state index contributed by atoms with van der Waals surface area (Å²) in [4.78, 5) is 23.5. The molecule has 0 saturated carbocycles. The molecule has 0 aliphatic heterocycles. The van der Waals surface area contributed by atoms with Crippen molar-refractivity contribution in [3.8, 4) is 11.5 Å². The van der Waals surface area contributed by atoms with E-state index < -0.39 is 17.6 Å². The quantitative estimate of drug-likeness (QED) is 0.794. The molecule has 0 unspecified atom stereocenters. The molecule has 0 atom stereocenters. The Kier molecular flexibility index (Phi) is 6.13. The molecule has 0 heterocycles. The number of carbonyl (C=O) groups is 2. The van der Waals surface area contributed by atoms with Crippen LogP contribution in [0.25, 0.3) is 0 Å². The van der Waals surface area contributed by atoms with E-state index in [2.05, 4.69) is 10.9 Å². The Morgan fingerprint density at radius 3 is 2.42 bits per heavy atom. The maximum absolute atomic E-state index is 13.0. The highest BCUT2D eigenvalue weighted by atomic mass is 19.1. The maximum atomic E-state index is 13.0. The number of rotatable bonds is 6. The van der Waals surface area contributed by atoms with Crippen LogP contribution in [0.1, 0.15) is 17.3 Å². The third-order valence-corrected chi connectivity index (χ3v) is 2.91. The molecule has 2 N–H and O–H groups in total. The largest absolute Gasteiger partial charge is 0.494 e. The summed E-state index contributed by atoms with van der Waals surface area (Å²) in [5, 5.41) is 0. The van der Waals surface area contributed by atoms with Crippen molar-refractivity contribution in [2.24, 2.45) is 0 Å². The van der Waals surface area contributed by atoms with E-state index in [9.17, 15) is 14.0 Å². The third-order valence-electron chi connectivity index (χ3n) is 2.91. The van der Waals surface area contributed by atoms with Crippen molar-refractivity contribution in [2.75, 3.05) is 13.2 Å². The summed E-state index contributed by atoms with van der Waals surface area (Å²) in [6, 6.07) is 11.9. The highest BCUT2D eigenvalue weighted by Gasteiger charge is 2.08. The van der Waals surface area contributed by atoms with Gasteiger partial charge >= 0.3 is 0 Å². The number of hydrazine groups is 1. The third kappa shape index (κ3) is 5.28. The summed E-state index contributed by atoms with van der Waals surface area (Å²) in [6.07, 6.45) is 0. The summed E-state index contributed by atoms with van der Waals surface area (Å²) in [7, 11) is 0. The highest BCUT2D eigenvalue weighted by Crippen LogP contribution is 2.12. The van der Waals surface area contributed by atoms with E-state index in [1.165, 1.54) is 18.2 Å². The van der Waals surface area contributed by atoms with Gasteiger partial charge in [-0.15, -0.1) is 0 Å². The molecule has 2 rings (SSSR count). The Hall–Kier alpha value is -3.09. The molecule has 0 radical (unpaired) electrons. The van der Waals surface area contributed by atoms with Gasteiger partial charge in [0.25, 0.3) is 11.8 Å². The van der Waals surface area contributed by atoms with Crippen LogP contribution >= 0.6 is 0 Å². The number of ether oxygens (including phenoxy) is 2. The molecular weight excluding hydrogens is 315 g/mol. The van der Waals surface area contributed by atoms with Crippen molar-refractivity contribution in [3.05, 3.63) is 59.9 Å². The number of halogens is 1. The first-order valence-corrected chi connectivity index (χ1v) is 7.29. The summed E-state index contributed by atoms with van der Waals surface area (Å²) in [5.74, 6) is -0.628. The van der Waals surface area contributed by atoms with Gasteiger partial charge in [-0.25, -0.2) is 4.39 Å². The molecule has 0 spiro atoms. The van der Waals surface area contributed by atoms with Crippen LogP contribution in [0.15, 0.2) is 48.5 Å². The van der Waals surface area contributed by atoms with Gasteiger partial charge in [0.15, 0.2) is 6.61 Å². The van der Waals surface area contributed by atoms with Crippen molar-refractivity contribution < 1.29 is 23.5 Å². The van der Waals surface area contributed by atoms with Crippen LogP contribution in [0.2, 0.25) is 0 Å². The van der Waals surface area contributed by atoms with Crippen LogP contribution in [-0.4, -0.2) is 25.0 Å². The topological polar surface area (TPSA) is 76.7 Å². The van der Waals surface area contributed by atoms with Crippen molar-refractivity contribution in [1.82, 2.24) is 10.9 Å². The standard InChI is InChI=1S/C17H17FN2O4/c1-2-23-14-8-6-12(7-9-14)17(22)20-19-16(21)11-24-15-5-3-4-13(18)10-15/h3-10H,2,11H2,1H3,(H,19,21)(H,20,22). The molecule has 2 aromatic carbocycles. The van der Waals surface area contributed by atoms with Crippen LogP contribution in [0.4, 0.5) is 4.39 Å². The number of hydrogen-bond donors (Lipinski definition) is 2. The first-order chi connectivity index (χ1) is 11.6. The van der Waals surface area contributed by atoms with Crippen LogP contribution in [0.3, 0.4) is 0 Å². The molecular formula is C17H17FN2O4. The van der Waals surface area contributed by atoms with E-state index in [1.807, 2.05) is 6.92 Å². The zero-order valence-corrected chi connectivity index (χ0v) is 13.0. The lowest BCUT2D eigenvalue weighted by atomic mass is 10.2. The fraction of sp³-hybridized carbons (Fsp3) is 0.176.